The molecule has 0 saturated carbocycles. The largest absolute Gasteiger partial charge is 2.00 e. The van der Waals surface area contributed by atoms with Crippen molar-refractivity contribution >= 4 is 20.8 Å². The van der Waals surface area contributed by atoms with Gasteiger partial charge in [-0.1, -0.05) is 0 Å². The molecule has 12 heavy (non-hydrogen) atoms. The summed E-state index contributed by atoms with van der Waals surface area (Å²) in [6.45, 7) is 0. The van der Waals surface area contributed by atoms with Crippen molar-refractivity contribution in [2.24, 2.45) is 0 Å². The van der Waals surface area contributed by atoms with Gasteiger partial charge in [-0.05, 0) is 0 Å². The van der Waals surface area contributed by atoms with Crippen LogP contribution in [0.15, 0.2) is 0 Å². The van der Waals surface area contributed by atoms with E-state index in [9.17, 15) is 0 Å². The Kier molecular flexibility index (Phi) is 17.1. The molecule has 12 heteroatoms. The quantitative estimate of drug-likeness (QED) is 0.260. The molecule has 0 aromatic rings. The standard InChI is InChI=1S/Na.Ni.2H2O4S/c;;2*1-5(2,3)4/h;;2*(H2,1,2,3,4)/q+1;+2;;/p-3. The van der Waals surface area contributed by atoms with Gasteiger partial charge in [0.15, 0.2) is 0 Å². The summed E-state index contributed by atoms with van der Waals surface area (Å²) in [7, 11) is -10.1. The average molecular weight is 275 g/mol. The van der Waals surface area contributed by atoms with Crippen LogP contribution in [0.4, 0.5) is 0 Å². The first kappa shape index (κ1) is 23.2. The average Bonchev–Trinajstić information content (AvgIpc) is 1.12. The Morgan fingerprint density at radius 1 is 0.917 bits per heavy atom. The summed E-state index contributed by atoms with van der Waals surface area (Å²) < 4.78 is 66.9. The SMILES string of the molecule is O=S(=O)([O-])O.O=S(=O)([O-])[O-].[Na+].[Ni+2]. The van der Waals surface area contributed by atoms with E-state index in [1.165, 1.54) is 0 Å². The molecule has 0 atom stereocenters. The Morgan fingerprint density at radius 2 is 0.917 bits per heavy atom. The predicted octanol–water partition coefficient (Wildman–Crippen LogP) is -5.33. The first-order chi connectivity index (χ1) is 4.00. The van der Waals surface area contributed by atoms with Crippen molar-refractivity contribution in [3.05, 3.63) is 0 Å². The zero-order valence-electron chi connectivity index (χ0n) is 5.44. The fourth-order valence-corrected chi connectivity index (χ4v) is 0. The van der Waals surface area contributed by atoms with Crippen LogP contribution in [0.1, 0.15) is 0 Å². The predicted molar refractivity (Wildman–Crippen MR) is 22.8 cm³/mol. The molecule has 0 aliphatic carbocycles. The summed E-state index contributed by atoms with van der Waals surface area (Å²) in [5.41, 5.74) is 0. The molecular weight excluding hydrogens is 274 g/mol. The van der Waals surface area contributed by atoms with E-state index in [0.29, 0.717) is 0 Å². The van der Waals surface area contributed by atoms with Crippen LogP contribution in [0.5, 0.6) is 0 Å². The van der Waals surface area contributed by atoms with Crippen molar-refractivity contribution in [1.82, 2.24) is 0 Å². The summed E-state index contributed by atoms with van der Waals surface area (Å²) in [5, 5.41) is 0. The van der Waals surface area contributed by atoms with E-state index < -0.39 is 20.8 Å². The van der Waals surface area contributed by atoms with Crippen molar-refractivity contribution in [2.75, 3.05) is 0 Å². The number of rotatable bonds is 0. The molecule has 0 bridgehead atoms. The van der Waals surface area contributed by atoms with Gasteiger partial charge in [0, 0.05) is 10.4 Å². The van der Waals surface area contributed by atoms with E-state index in [2.05, 4.69) is 0 Å². The third kappa shape index (κ3) is 773. The van der Waals surface area contributed by atoms with Crippen molar-refractivity contribution in [2.45, 2.75) is 0 Å². The molecule has 0 aromatic carbocycles. The summed E-state index contributed by atoms with van der Waals surface area (Å²) >= 11 is 0. The third-order valence-electron chi connectivity index (χ3n) is 0. The second-order valence-corrected chi connectivity index (χ2v) is 2.51. The van der Waals surface area contributed by atoms with Crippen LogP contribution >= 0.6 is 0 Å². The molecule has 72 valence electrons. The Hall–Kier alpha value is 1.23. The Balaban J connectivity index is -0.0000000457. The molecule has 1 N–H and O–H groups in total. The Labute approximate surface area is 101 Å². The second kappa shape index (κ2) is 8.82. The number of hydrogen-bond acceptors (Lipinski definition) is 7. The van der Waals surface area contributed by atoms with E-state index in [1.54, 1.807) is 0 Å². The van der Waals surface area contributed by atoms with E-state index in [-0.39, 0.29) is 46.0 Å². The van der Waals surface area contributed by atoms with Crippen molar-refractivity contribution in [1.29, 1.82) is 0 Å². The van der Waals surface area contributed by atoms with Crippen LogP contribution in [0.3, 0.4) is 0 Å². The molecule has 0 unspecified atom stereocenters. The van der Waals surface area contributed by atoms with Gasteiger partial charge in [0.2, 0.25) is 10.4 Å². The fourth-order valence-electron chi connectivity index (χ4n) is 0. The molecule has 0 aliphatic rings. The zero-order valence-corrected chi connectivity index (χ0v) is 10.1. The molecule has 0 aromatic heterocycles. The molecule has 0 spiro atoms. The maximum Gasteiger partial charge on any atom is 2.00 e. The summed E-state index contributed by atoms with van der Waals surface area (Å²) in [4.78, 5) is 0. The molecule has 0 aliphatic heterocycles. The van der Waals surface area contributed by atoms with Gasteiger partial charge in [0.1, 0.15) is 0 Å². The first-order valence-electron chi connectivity index (χ1n) is 1.35. The van der Waals surface area contributed by atoms with Gasteiger partial charge in [-0.25, -0.2) is 8.42 Å². The van der Waals surface area contributed by atoms with E-state index in [1.807, 2.05) is 0 Å². The van der Waals surface area contributed by atoms with Crippen LogP contribution in [-0.4, -0.2) is 35.0 Å². The van der Waals surface area contributed by atoms with Crippen LogP contribution in [-0.2, 0) is 37.3 Å². The summed E-state index contributed by atoms with van der Waals surface area (Å²) in [5.74, 6) is 0. The summed E-state index contributed by atoms with van der Waals surface area (Å²) in [6.07, 6.45) is 0. The summed E-state index contributed by atoms with van der Waals surface area (Å²) in [6, 6.07) is 0. The molecular formula is HNaNiO8S2. The van der Waals surface area contributed by atoms with Gasteiger partial charge in [-0.2, -0.15) is 0 Å². The molecule has 8 nitrogen and oxygen atoms in total. The molecule has 0 heterocycles. The van der Waals surface area contributed by atoms with Crippen molar-refractivity contribution in [3.63, 3.8) is 0 Å². The molecule has 0 amide bonds. The minimum Gasteiger partial charge on any atom is -0.759 e. The molecule has 0 saturated heterocycles. The van der Waals surface area contributed by atoms with E-state index in [4.69, 9.17) is 35.0 Å². The smallest absolute Gasteiger partial charge is 0.759 e. The fraction of sp³-hybridized carbons (Fsp3) is 0. The van der Waals surface area contributed by atoms with Crippen molar-refractivity contribution < 1.29 is 81.1 Å². The number of hydrogen-bond donors (Lipinski definition) is 1. The molecule has 0 fully saturated rings. The maximum absolute atomic E-state index is 8.63. The van der Waals surface area contributed by atoms with Crippen LogP contribution < -0.4 is 29.6 Å². The first-order valence-corrected chi connectivity index (χ1v) is 4.05. The van der Waals surface area contributed by atoms with Crippen LogP contribution in [0.2, 0.25) is 0 Å². The third-order valence-corrected chi connectivity index (χ3v) is 0. The van der Waals surface area contributed by atoms with Gasteiger partial charge in [-0.15, -0.1) is 0 Å². The minimum atomic E-state index is -5.17. The van der Waals surface area contributed by atoms with Gasteiger partial charge < -0.3 is 13.7 Å². The van der Waals surface area contributed by atoms with Gasteiger partial charge in [0.05, 0.1) is 0 Å². The Morgan fingerprint density at radius 3 is 0.917 bits per heavy atom. The van der Waals surface area contributed by atoms with Gasteiger partial charge in [0.25, 0.3) is 0 Å². The molecule has 0 rings (SSSR count). The van der Waals surface area contributed by atoms with Crippen molar-refractivity contribution in [3.8, 4) is 0 Å². The van der Waals surface area contributed by atoms with E-state index >= 15 is 0 Å². The normalized spacial score (nSPS) is 9.67. The zero-order chi connectivity index (χ0) is 9.00. The topological polar surface area (TPSA) is 158 Å². The monoisotopic (exact) mass is 274 g/mol. The minimum absolute atomic E-state index is 0. The maximum atomic E-state index is 8.63. The van der Waals surface area contributed by atoms with E-state index in [0.717, 1.165) is 0 Å². The van der Waals surface area contributed by atoms with Gasteiger partial charge in [-0.3, -0.25) is 13.0 Å². The van der Waals surface area contributed by atoms with Crippen LogP contribution in [0.25, 0.3) is 0 Å². The Bertz CT molecular complexity index is 213. The second-order valence-electron chi connectivity index (χ2n) is 0.836. The molecule has 0 radical (unpaired) electrons. The van der Waals surface area contributed by atoms with Crippen LogP contribution in [0, 0.1) is 0 Å². The van der Waals surface area contributed by atoms with Gasteiger partial charge >= 0.3 is 46.0 Å².